The Hall–Kier alpha value is -2.16. The van der Waals surface area contributed by atoms with Gasteiger partial charge in [-0.25, -0.2) is 0 Å². The van der Waals surface area contributed by atoms with E-state index >= 15 is 0 Å². The lowest BCUT2D eigenvalue weighted by Crippen LogP contribution is -2.41. The topological polar surface area (TPSA) is 120 Å². The lowest BCUT2D eigenvalue weighted by molar-refractivity contribution is -0.126. The van der Waals surface area contributed by atoms with Gasteiger partial charge in [-0.3, -0.25) is 24.1 Å². The van der Waals surface area contributed by atoms with Gasteiger partial charge in [0.2, 0.25) is 23.6 Å². The fraction of sp³-hybridized carbons (Fsp3) is 0.826. The van der Waals surface area contributed by atoms with Gasteiger partial charge in [-0.1, -0.05) is 13.8 Å². The van der Waals surface area contributed by atoms with Crippen molar-refractivity contribution in [1.82, 2.24) is 26.2 Å². The Morgan fingerprint density at radius 2 is 0.938 bits per heavy atom. The molecule has 0 atom stereocenters. The molecule has 0 aromatic heterocycles. The minimum atomic E-state index is -0.142. The summed E-state index contributed by atoms with van der Waals surface area (Å²) in [5.41, 5.74) is -0.284. The number of rotatable bonds is 16. The fourth-order valence-electron chi connectivity index (χ4n) is 3.27. The Morgan fingerprint density at radius 1 is 0.625 bits per heavy atom. The molecular weight excluding hydrogens is 410 g/mol. The van der Waals surface area contributed by atoms with Gasteiger partial charge in [0, 0.05) is 37.0 Å². The molecule has 0 aromatic rings. The number of carbonyl (C=O) groups is 4. The lowest BCUT2D eigenvalue weighted by Gasteiger charge is -2.16. The summed E-state index contributed by atoms with van der Waals surface area (Å²) in [6.07, 6.45) is 7.13. The van der Waals surface area contributed by atoms with Crippen molar-refractivity contribution in [3.8, 4) is 0 Å². The monoisotopic (exact) mass is 451 g/mol. The van der Waals surface area contributed by atoms with Gasteiger partial charge in [-0.15, -0.1) is 0 Å². The minimum absolute atomic E-state index is 0.116. The molecule has 2 fully saturated rings. The first kappa shape index (κ1) is 26.1. The molecule has 4 amide bonds. The van der Waals surface area contributed by atoms with Crippen molar-refractivity contribution in [2.24, 2.45) is 10.8 Å². The Kier molecular flexibility index (Phi) is 9.93. The zero-order valence-corrected chi connectivity index (χ0v) is 20.0. The molecule has 9 heteroatoms. The second-order valence-electron chi connectivity index (χ2n) is 9.92. The smallest absolute Gasteiger partial charge is 0.234 e. The van der Waals surface area contributed by atoms with E-state index in [-0.39, 0.29) is 47.5 Å². The second kappa shape index (κ2) is 12.2. The third-order valence-electron chi connectivity index (χ3n) is 6.35. The van der Waals surface area contributed by atoms with Gasteiger partial charge in [0.15, 0.2) is 0 Å². The van der Waals surface area contributed by atoms with E-state index < -0.39 is 0 Å². The molecule has 2 aliphatic rings. The maximum atomic E-state index is 12.0. The SMILES string of the molecule is CN(CC(=O)NCCCCNC(=O)C1(C)CC1)CC(=O)NCCCCNC(=O)C1(C)CC1. The number of hydrogen-bond acceptors (Lipinski definition) is 5. The Balaban J connectivity index is 1.39. The molecule has 0 unspecified atom stereocenters. The van der Waals surface area contributed by atoms with Gasteiger partial charge in [0.25, 0.3) is 0 Å². The molecule has 4 N–H and O–H groups in total. The van der Waals surface area contributed by atoms with Gasteiger partial charge in [-0.2, -0.15) is 0 Å². The van der Waals surface area contributed by atoms with Gasteiger partial charge in [0.1, 0.15) is 0 Å². The Morgan fingerprint density at radius 3 is 1.25 bits per heavy atom. The number of hydrogen-bond donors (Lipinski definition) is 4. The standard InChI is InChI=1S/C23H41N5O4/c1-22(8-9-22)20(31)26-14-6-4-12-24-18(29)16-28(3)17-19(30)25-13-5-7-15-27-21(32)23(2)10-11-23/h4-17H2,1-3H3,(H,24,29)(H,25,30)(H,26,31)(H,27,32). The van der Waals surface area contributed by atoms with E-state index in [1.807, 2.05) is 13.8 Å². The summed E-state index contributed by atoms with van der Waals surface area (Å²) < 4.78 is 0. The van der Waals surface area contributed by atoms with E-state index in [9.17, 15) is 19.2 Å². The number of nitrogens with zero attached hydrogens (tertiary/aromatic N) is 1. The summed E-state index contributed by atoms with van der Waals surface area (Å²) in [4.78, 5) is 49.3. The van der Waals surface area contributed by atoms with Crippen LogP contribution in [0.3, 0.4) is 0 Å². The summed E-state index contributed by atoms with van der Waals surface area (Å²) in [5.74, 6) is 0.0391. The number of nitrogens with one attached hydrogen (secondary N) is 4. The van der Waals surface area contributed by atoms with E-state index in [0.717, 1.165) is 51.4 Å². The average molecular weight is 452 g/mol. The molecule has 0 aromatic carbocycles. The molecule has 0 spiro atoms. The van der Waals surface area contributed by atoms with Crippen LogP contribution < -0.4 is 21.3 Å². The van der Waals surface area contributed by atoms with Crippen LogP contribution in [0.2, 0.25) is 0 Å². The predicted octanol–water partition coefficient (Wildman–Crippen LogP) is 0.544. The Bertz CT molecular complexity index is 617. The first-order chi connectivity index (χ1) is 15.1. The maximum Gasteiger partial charge on any atom is 0.234 e. The molecule has 2 aliphatic carbocycles. The van der Waals surface area contributed by atoms with Crippen LogP contribution in [0.4, 0.5) is 0 Å². The summed E-state index contributed by atoms with van der Waals surface area (Å²) in [6, 6.07) is 0. The highest BCUT2D eigenvalue weighted by molar-refractivity contribution is 5.85. The summed E-state index contributed by atoms with van der Waals surface area (Å²) in [7, 11) is 1.74. The second-order valence-corrected chi connectivity index (χ2v) is 9.92. The lowest BCUT2D eigenvalue weighted by atomic mass is 10.1. The van der Waals surface area contributed by atoms with E-state index in [0.29, 0.717) is 26.2 Å². The molecule has 2 rings (SSSR count). The van der Waals surface area contributed by atoms with Gasteiger partial charge >= 0.3 is 0 Å². The molecular formula is C23H41N5O4. The van der Waals surface area contributed by atoms with Crippen molar-refractivity contribution in [3.63, 3.8) is 0 Å². The van der Waals surface area contributed by atoms with Crippen molar-refractivity contribution >= 4 is 23.6 Å². The van der Waals surface area contributed by atoms with Gasteiger partial charge in [0.05, 0.1) is 13.1 Å². The fourth-order valence-corrected chi connectivity index (χ4v) is 3.27. The van der Waals surface area contributed by atoms with E-state index in [1.54, 1.807) is 11.9 Å². The molecule has 32 heavy (non-hydrogen) atoms. The van der Waals surface area contributed by atoms with E-state index in [2.05, 4.69) is 21.3 Å². The van der Waals surface area contributed by atoms with Crippen LogP contribution >= 0.6 is 0 Å². The predicted molar refractivity (Wildman–Crippen MR) is 123 cm³/mol. The highest BCUT2D eigenvalue weighted by Gasteiger charge is 2.45. The summed E-state index contributed by atoms with van der Waals surface area (Å²) in [6.45, 7) is 6.67. The van der Waals surface area contributed by atoms with Crippen molar-refractivity contribution in [1.29, 1.82) is 0 Å². The van der Waals surface area contributed by atoms with Crippen molar-refractivity contribution < 1.29 is 19.2 Å². The highest BCUT2D eigenvalue weighted by Crippen LogP contribution is 2.45. The zero-order valence-electron chi connectivity index (χ0n) is 20.0. The number of unbranched alkanes of at least 4 members (excludes halogenated alkanes) is 2. The quantitative estimate of drug-likeness (QED) is 0.255. The molecule has 182 valence electrons. The van der Waals surface area contributed by atoms with Crippen LogP contribution in [-0.2, 0) is 19.2 Å². The molecule has 0 bridgehead atoms. The third-order valence-corrected chi connectivity index (χ3v) is 6.35. The van der Waals surface area contributed by atoms with Crippen molar-refractivity contribution in [3.05, 3.63) is 0 Å². The summed E-state index contributed by atoms with van der Waals surface area (Å²) in [5, 5.41) is 11.6. The van der Waals surface area contributed by atoms with Crippen LogP contribution in [0.1, 0.15) is 65.2 Å². The number of amides is 4. The largest absolute Gasteiger partial charge is 0.356 e. The van der Waals surface area contributed by atoms with Crippen LogP contribution in [0, 0.1) is 10.8 Å². The van der Waals surface area contributed by atoms with Crippen LogP contribution in [0.25, 0.3) is 0 Å². The maximum absolute atomic E-state index is 12.0. The molecule has 9 nitrogen and oxygen atoms in total. The van der Waals surface area contributed by atoms with Crippen LogP contribution in [0.15, 0.2) is 0 Å². The Labute approximate surface area is 191 Å². The van der Waals surface area contributed by atoms with Crippen molar-refractivity contribution in [2.45, 2.75) is 65.2 Å². The average Bonchev–Trinajstić information content (AvgIpc) is 3.65. The van der Waals surface area contributed by atoms with Crippen LogP contribution in [-0.4, -0.2) is 74.8 Å². The first-order valence-electron chi connectivity index (χ1n) is 11.9. The van der Waals surface area contributed by atoms with Crippen LogP contribution in [0.5, 0.6) is 0 Å². The normalized spacial score (nSPS) is 17.4. The zero-order chi connectivity index (χ0) is 23.6. The van der Waals surface area contributed by atoms with E-state index in [4.69, 9.17) is 0 Å². The van der Waals surface area contributed by atoms with Crippen molar-refractivity contribution in [2.75, 3.05) is 46.3 Å². The molecule has 0 radical (unpaired) electrons. The van der Waals surface area contributed by atoms with Gasteiger partial charge < -0.3 is 21.3 Å². The minimum Gasteiger partial charge on any atom is -0.356 e. The molecule has 0 aliphatic heterocycles. The number of likely N-dealkylation sites (N-methyl/N-ethyl adjacent to an activating group) is 1. The first-order valence-corrected chi connectivity index (χ1v) is 11.9. The third kappa shape index (κ3) is 9.54. The van der Waals surface area contributed by atoms with Gasteiger partial charge in [-0.05, 0) is 58.4 Å². The highest BCUT2D eigenvalue weighted by atomic mass is 16.2. The molecule has 2 saturated carbocycles. The number of carbonyl (C=O) groups excluding carboxylic acids is 4. The summed E-state index contributed by atoms with van der Waals surface area (Å²) >= 11 is 0. The molecule has 0 saturated heterocycles. The molecule has 0 heterocycles. The van der Waals surface area contributed by atoms with E-state index in [1.165, 1.54) is 0 Å².